The van der Waals surface area contributed by atoms with Gasteiger partial charge in [0.05, 0.1) is 24.4 Å². The highest BCUT2D eigenvalue weighted by Gasteiger charge is 2.32. The van der Waals surface area contributed by atoms with Crippen molar-refractivity contribution in [2.75, 3.05) is 6.61 Å². The number of aliphatic hydroxyl groups is 1. The van der Waals surface area contributed by atoms with E-state index < -0.39 is 12.1 Å². The Labute approximate surface area is 113 Å². The van der Waals surface area contributed by atoms with Gasteiger partial charge in [0.25, 0.3) is 0 Å². The van der Waals surface area contributed by atoms with Crippen LogP contribution in [0.5, 0.6) is 0 Å². The van der Waals surface area contributed by atoms with Gasteiger partial charge in [-0.05, 0) is 20.8 Å². The van der Waals surface area contributed by atoms with Gasteiger partial charge in [-0.15, -0.1) is 5.10 Å². The molecule has 0 aliphatic heterocycles. The Morgan fingerprint density at radius 2 is 2.00 bits per heavy atom. The molecule has 1 aromatic heterocycles. The van der Waals surface area contributed by atoms with E-state index in [4.69, 9.17) is 4.74 Å². The van der Waals surface area contributed by atoms with Gasteiger partial charge in [-0.2, -0.15) is 0 Å². The first-order valence-corrected chi connectivity index (χ1v) is 6.51. The average Bonchev–Trinajstić information content (AvgIpc) is 2.72. The molecule has 108 valence electrons. The van der Waals surface area contributed by atoms with Crippen LogP contribution < -0.4 is 0 Å². The summed E-state index contributed by atoms with van der Waals surface area (Å²) < 4.78 is 6.61. The highest BCUT2D eigenvalue weighted by atomic mass is 16.5. The third-order valence-electron chi connectivity index (χ3n) is 2.96. The predicted octanol–water partition coefficient (Wildman–Crippen LogP) is 1.69. The molecule has 0 aliphatic rings. The fraction of sp³-hybridized carbons (Fsp3) is 0.769. The van der Waals surface area contributed by atoms with Crippen molar-refractivity contribution in [3.05, 3.63) is 11.4 Å². The molecule has 0 aliphatic carbocycles. The van der Waals surface area contributed by atoms with Crippen LogP contribution >= 0.6 is 0 Å². The smallest absolute Gasteiger partial charge is 0.360 e. The second-order valence-corrected chi connectivity index (χ2v) is 5.68. The average molecular weight is 269 g/mol. The van der Waals surface area contributed by atoms with Crippen LogP contribution in [0.3, 0.4) is 0 Å². The molecule has 1 aromatic rings. The number of aromatic nitrogens is 3. The van der Waals surface area contributed by atoms with Crippen LogP contribution in [0, 0.1) is 0 Å². The minimum atomic E-state index is -0.585. The van der Waals surface area contributed by atoms with E-state index in [2.05, 4.69) is 10.3 Å². The molecule has 1 N–H and O–H groups in total. The number of aliphatic hydroxyl groups excluding tert-OH is 1. The highest BCUT2D eigenvalue weighted by molar-refractivity contribution is 5.88. The minimum absolute atomic E-state index is 0.224. The maximum Gasteiger partial charge on any atom is 0.360 e. The Morgan fingerprint density at radius 3 is 2.42 bits per heavy atom. The van der Waals surface area contributed by atoms with Gasteiger partial charge >= 0.3 is 5.97 Å². The largest absolute Gasteiger partial charge is 0.461 e. The summed E-state index contributed by atoms with van der Waals surface area (Å²) in [5, 5.41) is 17.7. The lowest BCUT2D eigenvalue weighted by Crippen LogP contribution is -2.28. The number of hydrogen-bond donors (Lipinski definition) is 1. The fourth-order valence-electron chi connectivity index (χ4n) is 1.82. The van der Waals surface area contributed by atoms with E-state index in [0.29, 0.717) is 12.3 Å². The summed E-state index contributed by atoms with van der Waals surface area (Å²) in [5.74, 6) is -0.475. The Balaban J connectivity index is 3.32. The van der Waals surface area contributed by atoms with Crippen molar-refractivity contribution in [3.8, 4) is 0 Å². The molecule has 0 saturated heterocycles. The molecule has 0 aromatic carbocycles. The van der Waals surface area contributed by atoms with Crippen LogP contribution in [0.25, 0.3) is 0 Å². The first-order chi connectivity index (χ1) is 8.70. The number of carbonyl (C=O) groups is 1. The summed E-state index contributed by atoms with van der Waals surface area (Å²) in [4.78, 5) is 11.9. The molecule has 1 rings (SSSR count). The van der Waals surface area contributed by atoms with E-state index in [1.807, 2.05) is 27.7 Å². The standard InChI is InChI=1S/C13H23N3O3/c1-7-19-12(18)10-11(13(4,5)6)16(15-14-10)8(2)9(3)17/h8-9,17H,7H2,1-6H3. The van der Waals surface area contributed by atoms with E-state index in [1.165, 1.54) is 0 Å². The van der Waals surface area contributed by atoms with Crippen molar-refractivity contribution < 1.29 is 14.6 Å². The van der Waals surface area contributed by atoms with E-state index in [-0.39, 0.29) is 17.2 Å². The maximum absolute atomic E-state index is 11.9. The molecule has 0 amide bonds. The summed E-state index contributed by atoms with van der Waals surface area (Å²) in [5.41, 5.74) is 0.579. The number of esters is 1. The van der Waals surface area contributed by atoms with Gasteiger partial charge in [0.1, 0.15) is 0 Å². The van der Waals surface area contributed by atoms with Crippen LogP contribution in [0.15, 0.2) is 0 Å². The highest BCUT2D eigenvalue weighted by Crippen LogP contribution is 2.28. The fourth-order valence-corrected chi connectivity index (χ4v) is 1.82. The Bertz CT molecular complexity index is 446. The molecule has 0 radical (unpaired) electrons. The number of hydrogen-bond acceptors (Lipinski definition) is 5. The van der Waals surface area contributed by atoms with Crippen LogP contribution in [0.4, 0.5) is 0 Å². The monoisotopic (exact) mass is 269 g/mol. The second-order valence-electron chi connectivity index (χ2n) is 5.68. The molecule has 19 heavy (non-hydrogen) atoms. The summed E-state index contributed by atoms with van der Waals surface area (Å²) in [6, 6.07) is -0.259. The lowest BCUT2D eigenvalue weighted by molar-refractivity contribution is 0.0515. The molecule has 0 saturated carbocycles. The maximum atomic E-state index is 11.9. The molecule has 0 spiro atoms. The lowest BCUT2D eigenvalue weighted by Gasteiger charge is -2.25. The summed E-state index contributed by atoms with van der Waals surface area (Å²) in [6.07, 6.45) is -0.585. The van der Waals surface area contributed by atoms with Crippen LogP contribution in [0.2, 0.25) is 0 Å². The van der Waals surface area contributed by atoms with E-state index >= 15 is 0 Å². The van der Waals surface area contributed by atoms with Gasteiger partial charge in [-0.3, -0.25) is 0 Å². The first-order valence-electron chi connectivity index (χ1n) is 6.51. The summed E-state index contributed by atoms with van der Waals surface area (Å²) in [6.45, 7) is 11.5. The third kappa shape index (κ3) is 3.32. The van der Waals surface area contributed by atoms with Crippen molar-refractivity contribution in [3.63, 3.8) is 0 Å². The number of ether oxygens (including phenoxy) is 1. The predicted molar refractivity (Wildman–Crippen MR) is 71.1 cm³/mol. The van der Waals surface area contributed by atoms with Gasteiger partial charge in [-0.25, -0.2) is 9.48 Å². The first kappa shape index (κ1) is 15.6. The van der Waals surface area contributed by atoms with E-state index in [9.17, 15) is 9.90 Å². The summed E-state index contributed by atoms with van der Waals surface area (Å²) in [7, 11) is 0. The van der Waals surface area contributed by atoms with E-state index in [1.54, 1.807) is 18.5 Å². The second kappa shape index (κ2) is 5.69. The van der Waals surface area contributed by atoms with Crippen molar-refractivity contribution in [2.24, 2.45) is 0 Å². The summed E-state index contributed by atoms with van der Waals surface area (Å²) >= 11 is 0. The van der Waals surface area contributed by atoms with Gasteiger partial charge < -0.3 is 9.84 Å². The molecule has 0 bridgehead atoms. The van der Waals surface area contributed by atoms with Crippen molar-refractivity contribution in [1.29, 1.82) is 0 Å². The Kier molecular flexibility index (Phi) is 4.68. The van der Waals surface area contributed by atoms with Crippen LogP contribution in [-0.4, -0.2) is 38.8 Å². The van der Waals surface area contributed by atoms with Gasteiger partial charge in [-0.1, -0.05) is 26.0 Å². The minimum Gasteiger partial charge on any atom is -0.461 e. The Morgan fingerprint density at radius 1 is 1.42 bits per heavy atom. The molecule has 1 heterocycles. The molecule has 2 unspecified atom stereocenters. The van der Waals surface area contributed by atoms with Crippen LogP contribution in [0.1, 0.15) is 63.8 Å². The normalized spacial score (nSPS) is 15.1. The molecule has 6 nitrogen and oxygen atoms in total. The lowest BCUT2D eigenvalue weighted by atomic mass is 9.89. The number of carbonyl (C=O) groups excluding carboxylic acids is 1. The SMILES string of the molecule is CCOC(=O)c1nnn(C(C)C(C)O)c1C(C)(C)C. The molecule has 2 atom stereocenters. The van der Waals surface area contributed by atoms with Crippen LogP contribution in [-0.2, 0) is 10.2 Å². The Hall–Kier alpha value is -1.43. The zero-order valence-corrected chi connectivity index (χ0v) is 12.5. The number of rotatable bonds is 4. The topological polar surface area (TPSA) is 77.2 Å². The van der Waals surface area contributed by atoms with Gasteiger partial charge in [0.2, 0.25) is 0 Å². The molecule has 0 fully saturated rings. The van der Waals surface area contributed by atoms with Gasteiger partial charge in [0.15, 0.2) is 5.69 Å². The molecular weight excluding hydrogens is 246 g/mol. The molecule has 6 heteroatoms. The molecular formula is C13H23N3O3. The zero-order valence-electron chi connectivity index (χ0n) is 12.5. The number of nitrogens with zero attached hydrogens (tertiary/aromatic N) is 3. The van der Waals surface area contributed by atoms with Gasteiger partial charge in [0, 0.05) is 5.41 Å². The van der Waals surface area contributed by atoms with Crippen molar-refractivity contribution in [2.45, 2.75) is 59.1 Å². The van der Waals surface area contributed by atoms with Crippen molar-refractivity contribution in [1.82, 2.24) is 15.0 Å². The quantitative estimate of drug-likeness (QED) is 0.842. The van der Waals surface area contributed by atoms with Crippen molar-refractivity contribution >= 4 is 5.97 Å². The zero-order chi connectivity index (χ0) is 14.8. The van der Waals surface area contributed by atoms with E-state index in [0.717, 1.165) is 0 Å². The third-order valence-corrected chi connectivity index (χ3v) is 2.96.